The Morgan fingerprint density at radius 2 is 1.84 bits per heavy atom. The van der Waals surface area contributed by atoms with Crippen molar-refractivity contribution in [2.75, 3.05) is 24.8 Å². The van der Waals surface area contributed by atoms with Crippen LogP contribution in [0.1, 0.15) is 18.4 Å². The molecule has 2 N–H and O–H groups in total. The Hall–Kier alpha value is -2.61. The molecule has 0 spiro atoms. The summed E-state index contributed by atoms with van der Waals surface area (Å²) in [5.41, 5.74) is 0.669. The molecule has 2 amide bonds. The maximum Gasteiger partial charge on any atom is 0.319 e. The van der Waals surface area contributed by atoms with Gasteiger partial charge in [0.05, 0.1) is 61.9 Å². The van der Waals surface area contributed by atoms with Gasteiger partial charge in [-0.15, -0.1) is 0 Å². The molecule has 1 aliphatic heterocycles. The van der Waals surface area contributed by atoms with Crippen LogP contribution < -0.4 is 15.4 Å². The van der Waals surface area contributed by atoms with E-state index < -0.39 is 29.6 Å². The van der Waals surface area contributed by atoms with Gasteiger partial charge in [0.25, 0.3) is 0 Å². The zero-order chi connectivity index (χ0) is 27.3. The van der Waals surface area contributed by atoms with Gasteiger partial charge in [0.15, 0.2) is 5.75 Å². The van der Waals surface area contributed by atoms with Gasteiger partial charge >= 0.3 is 5.97 Å². The number of nitrogens with one attached hydrogen (secondary N) is 2. The van der Waals surface area contributed by atoms with E-state index in [9.17, 15) is 19.6 Å². The normalized spacial score (nSPS) is 17.1. The second-order valence-electron chi connectivity index (χ2n) is 7.51. The Morgan fingerprint density at radius 1 is 1.16 bits per heavy atom. The molecule has 0 saturated carbocycles. The zero-order valence-electron chi connectivity index (χ0n) is 19.4. The smallest absolute Gasteiger partial charge is 0.319 e. The van der Waals surface area contributed by atoms with Crippen molar-refractivity contribution < 1.29 is 23.9 Å². The van der Waals surface area contributed by atoms with Crippen molar-refractivity contribution in [1.82, 2.24) is 5.32 Å². The third-order valence-electron chi connectivity index (χ3n) is 5.23. The number of amides is 2. The van der Waals surface area contributed by atoms with Crippen molar-refractivity contribution in [1.29, 1.82) is 5.26 Å². The monoisotopic (exact) mass is 601 g/mol. The molecule has 2 atom stereocenters. The van der Waals surface area contributed by atoms with Crippen molar-refractivity contribution in [2.24, 2.45) is 5.92 Å². The highest BCUT2D eigenvalue weighted by Gasteiger charge is 2.44. The highest BCUT2D eigenvalue weighted by Crippen LogP contribution is 2.44. The highest BCUT2D eigenvalue weighted by atomic mass is 35.5. The number of allylic oxidation sites excluding steroid dienone is 1. The molecule has 37 heavy (non-hydrogen) atoms. The highest BCUT2D eigenvalue weighted by molar-refractivity contribution is 8.03. The first-order valence-corrected chi connectivity index (χ1v) is 13.1. The van der Waals surface area contributed by atoms with Gasteiger partial charge in [-0.25, -0.2) is 0 Å². The summed E-state index contributed by atoms with van der Waals surface area (Å²) in [6.07, 6.45) is 0. The van der Waals surface area contributed by atoms with Gasteiger partial charge in [-0.05, 0) is 36.8 Å². The second-order valence-corrected chi connectivity index (χ2v) is 10.1. The molecule has 1 aliphatic rings. The lowest BCUT2D eigenvalue weighted by Crippen LogP contribution is -2.44. The van der Waals surface area contributed by atoms with E-state index >= 15 is 0 Å². The van der Waals surface area contributed by atoms with E-state index in [1.165, 1.54) is 12.1 Å². The molecule has 2 aromatic rings. The topological polar surface area (TPSA) is 118 Å². The van der Waals surface area contributed by atoms with Gasteiger partial charge in [-0.2, -0.15) is 5.26 Å². The molecule has 3 rings (SSSR count). The van der Waals surface area contributed by atoms with Gasteiger partial charge in [0, 0.05) is 5.92 Å². The third-order valence-corrected chi connectivity index (χ3v) is 7.62. The fourth-order valence-corrected chi connectivity index (χ4v) is 5.45. The average Bonchev–Trinajstić information content (AvgIpc) is 2.86. The molecule has 0 aromatic heterocycles. The predicted molar refractivity (Wildman–Crippen MR) is 144 cm³/mol. The van der Waals surface area contributed by atoms with Crippen LogP contribution in [0.2, 0.25) is 20.1 Å². The summed E-state index contributed by atoms with van der Waals surface area (Å²) in [5, 5.41) is 16.1. The number of halogens is 4. The van der Waals surface area contributed by atoms with Crippen LogP contribution in [0.3, 0.4) is 0 Å². The number of benzene rings is 2. The summed E-state index contributed by atoms with van der Waals surface area (Å²) < 4.78 is 10.3. The van der Waals surface area contributed by atoms with Crippen LogP contribution >= 0.6 is 58.2 Å². The third kappa shape index (κ3) is 6.46. The summed E-state index contributed by atoms with van der Waals surface area (Å²) in [6.45, 7) is 2.07. The maximum absolute atomic E-state index is 13.0. The standard InChI is InChI=1S/C24H19Cl4N3O5S/c1-3-36-21-14(26)7-11(8-15(21)27)18-12(9-29)23(31-22(33)19(18)24(34)35-2)37-10-17(32)30-16-6-4-5-13(25)20(16)28/h4-8,18-19H,3,10H2,1-2H3,(H,30,32)(H,31,33)/t18-,19-/m1/s1. The minimum atomic E-state index is -1.40. The molecule has 13 heteroatoms. The Bertz CT molecular complexity index is 1300. The Labute approximate surface area is 237 Å². The lowest BCUT2D eigenvalue weighted by Gasteiger charge is -2.31. The lowest BCUT2D eigenvalue weighted by molar-refractivity contribution is -0.150. The molecular weight excluding hydrogens is 584 g/mol. The number of hydrogen-bond donors (Lipinski definition) is 2. The Kier molecular flexibility index (Phi) is 9.99. The molecule has 8 nitrogen and oxygen atoms in total. The molecule has 0 bridgehead atoms. The predicted octanol–water partition coefficient (Wildman–Crippen LogP) is 5.81. The van der Waals surface area contributed by atoms with Crippen LogP contribution in [0.4, 0.5) is 5.69 Å². The number of ether oxygens (including phenoxy) is 2. The maximum atomic E-state index is 13.0. The molecule has 0 unspecified atom stereocenters. The molecule has 1 heterocycles. The SMILES string of the molecule is CCOc1c(Cl)cc([C@@H]2C(C#N)=C(SCC(=O)Nc3cccc(Cl)c3Cl)NC(=O)[C@@H]2C(=O)OC)cc1Cl. The zero-order valence-corrected chi connectivity index (χ0v) is 23.2. The minimum absolute atomic E-state index is 0.0323. The second kappa shape index (κ2) is 12.8. The van der Waals surface area contributed by atoms with E-state index in [1.807, 2.05) is 6.07 Å². The summed E-state index contributed by atoms with van der Waals surface area (Å²) >= 11 is 25.7. The number of rotatable bonds is 8. The van der Waals surface area contributed by atoms with E-state index in [1.54, 1.807) is 25.1 Å². The van der Waals surface area contributed by atoms with Crippen molar-refractivity contribution >= 4 is 81.6 Å². The number of methoxy groups -OCH3 is 1. The number of esters is 1. The Balaban J connectivity index is 1.97. The number of nitrogens with zero attached hydrogens (tertiary/aromatic N) is 1. The minimum Gasteiger partial charge on any atom is -0.491 e. The average molecular weight is 603 g/mol. The molecule has 2 aromatic carbocycles. The van der Waals surface area contributed by atoms with Crippen LogP contribution in [0.15, 0.2) is 40.9 Å². The van der Waals surface area contributed by atoms with Gasteiger partial charge in [0.1, 0.15) is 5.92 Å². The number of nitriles is 1. The first-order chi connectivity index (χ1) is 17.6. The molecule has 0 saturated heterocycles. The van der Waals surface area contributed by atoms with Crippen molar-refractivity contribution in [3.8, 4) is 11.8 Å². The van der Waals surface area contributed by atoms with Crippen molar-refractivity contribution in [2.45, 2.75) is 12.8 Å². The lowest BCUT2D eigenvalue weighted by atomic mass is 9.78. The van der Waals surface area contributed by atoms with Gasteiger partial charge in [-0.3, -0.25) is 14.4 Å². The summed E-state index contributed by atoms with van der Waals surface area (Å²) in [5.74, 6) is -4.46. The number of carbonyl (C=O) groups excluding carboxylic acids is 3. The van der Waals surface area contributed by atoms with Crippen LogP contribution in [0.5, 0.6) is 5.75 Å². The summed E-state index contributed by atoms with van der Waals surface area (Å²) in [4.78, 5) is 38.2. The fraction of sp³-hybridized carbons (Fsp3) is 0.250. The quantitative estimate of drug-likeness (QED) is 0.289. The molecule has 0 radical (unpaired) electrons. The van der Waals surface area contributed by atoms with E-state index in [-0.39, 0.29) is 42.2 Å². The van der Waals surface area contributed by atoms with Gasteiger partial charge in [0.2, 0.25) is 11.8 Å². The molecule has 194 valence electrons. The van der Waals surface area contributed by atoms with E-state index in [0.717, 1.165) is 18.9 Å². The molecule has 0 aliphatic carbocycles. The fourth-order valence-electron chi connectivity index (χ4n) is 3.65. The number of thioether (sulfide) groups is 1. The van der Waals surface area contributed by atoms with Crippen molar-refractivity contribution in [3.63, 3.8) is 0 Å². The summed E-state index contributed by atoms with van der Waals surface area (Å²) in [6, 6.07) is 9.78. The first-order valence-electron chi connectivity index (χ1n) is 10.6. The van der Waals surface area contributed by atoms with Crippen molar-refractivity contribution in [3.05, 3.63) is 66.6 Å². The van der Waals surface area contributed by atoms with Gasteiger partial charge < -0.3 is 20.1 Å². The number of hydrogen-bond acceptors (Lipinski definition) is 7. The van der Waals surface area contributed by atoms with Crippen LogP contribution in [-0.2, 0) is 19.1 Å². The Morgan fingerprint density at radius 3 is 2.43 bits per heavy atom. The van der Waals surface area contributed by atoms with Crippen LogP contribution in [-0.4, -0.2) is 37.3 Å². The van der Waals surface area contributed by atoms with Crippen LogP contribution in [0, 0.1) is 17.2 Å². The molecular formula is C24H19Cl4N3O5S. The number of anilines is 1. The van der Waals surface area contributed by atoms with Crippen LogP contribution in [0.25, 0.3) is 0 Å². The summed E-state index contributed by atoms with van der Waals surface area (Å²) in [7, 11) is 1.14. The van der Waals surface area contributed by atoms with E-state index in [2.05, 4.69) is 10.6 Å². The number of carbonyl (C=O) groups is 3. The molecule has 0 fully saturated rings. The van der Waals surface area contributed by atoms with E-state index in [4.69, 9.17) is 55.9 Å². The van der Waals surface area contributed by atoms with E-state index in [0.29, 0.717) is 17.9 Å². The largest absolute Gasteiger partial charge is 0.491 e. The first kappa shape index (κ1) is 29.0. The van der Waals surface area contributed by atoms with Gasteiger partial charge in [-0.1, -0.05) is 64.2 Å².